The third kappa shape index (κ3) is 6.21. The van der Waals surface area contributed by atoms with Crippen molar-refractivity contribution in [2.24, 2.45) is 0 Å². The minimum Gasteiger partial charge on any atom is -0.462 e. The van der Waals surface area contributed by atoms with Crippen molar-refractivity contribution in [3.05, 3.63) is 52.1 Å². The van der Waals surface area contributed by atoms with Gasteiger partial charge in [0.1, 0.15) is 0 Å². The van der Waals surface area contributed by atoms with Gasteiger partial charge in [0.2, 0.25) is 0 Å². The lowest BCUT2D eigenvalue weighted by molar-refractivity contribution is -0.146. The van der Waals surface area contributed by atoms with E-state index in [1.54, 1.807) is 19.9 Å². The summed E-state index contributed by atoms with van der Waals surface area (Å²) >= 11 is 0.875. The second-order valence-electron chi connectivity index (χ2n) is 6.20. The van der Waals surface area contributed by atoms with Gasteiger partial charge in [-0.3, -0.25) is 14.5 Å². The number of nitrogens with zero attached hydrogens (tertiary/aromatic N) is 1. The highest BCUT2D eigenvalue weighted by Crippen LogP contribution is 2.31. The van der Waals surface area contributed by atoms with Crippen molar-refractivity contribution in [2.45, 2.75) is 20.8 Å². The van der Waals surface area contributed by atoms with Crippen molar-refractivity contribution in [3.8, 4) is 0 Å². The van der Waals surface area contributed by atoms with Crippen LogP contribution in [0.15, 0.2) is 40.9 Å². The molecule has 1 fully saturated rings. The van der Waals surface area contributed by atoms with Gasteiger partial charge < -0.3 is 14.8 Å². The lowest BCUT2D eigenvalue weighted by atomic mass is 10.1. The van der Waals surface area contributed by atoms with Gasteiger partial charge >= 0.3 is 11.9 Å². The Bertz CT molecular complexity index is 856. The number of hydrogen-bond donors (Lipinski definition) is 1. The molecule has 1 aliphatic rings. The molecule has 1 heterocycles. The summed E-state index contributed by atoms with van der Waals surface area (Å²) in [4.78, 5) is 50.0. The van der Waals surface area contributed by atoms with Crippen LogP contribution in [0.25, 0.3) is 6.08 Å². The van der Waals surface area contributed by atoms with Crippen LogP contribution in [0, 0.1) is 6.92 Å². The van der Waals surface area contributed by atoms with Crippen LogP contribution in [0.4, 0.5) is 4.79 Å². The molecule has 0 aliphatic carbocycles. The monoisotopic (exact) mass is 432 g/mol. The minimum absolute atomic E-state index is 0.0747. The van der Waals surface area contributed by atoms with Gasteiger partial charge in [0.25, 0.3) is 11.1 Å². The number of thioether (sulfide) groups is 1. The first-order valence-electron chi connectivity index (χ1n) is 9.47. The molecular weight excluding hydrogens is 408 g/mol. The zero-order valence-electron chi connectivity index (χ0n) is 17.1. The second kappa shape index (κ2) is 11.2. The lowest BCUT2D eigenvalue weighted by Crippen LogP contribution is -2.34. The van der Waals surface area contributed by atoms with Crippen molar-refractivity contribution in [3.63, 3.8) is 0 Å². The maximum atomic E-state index is 12.5. The molecule has 30 heavy (non-hydrogen) atoms. The Hall–Kier alpha value is -3.07. The van der Waals surface area contributed by atoms with E-state index < -0.39 is 11.9 Å². The molecule has 2 rings (SSSR count). The van der Waals surface area contributed by atoms with E-state index in [9.17, 15) is 19.2 Å². The fourth-order valence-electron chi connectivity index (χ4n) is 2.48. The molecule has 0 aromatic heterocycles. The fraction of sp³-hybridized carbons (Fsp3) is 0.333. The molecule has 1 N–H and O–H groups in total. The summed E-state index contributed by atoms with van der Waals surface area (Å²) in [6, 6.07) is 7.61. The zero-order chi connectivity index (χ0) is 22.1. The van der Waals surface area contributed by atoms with E-state index in [1.807, 2.05) is 31.2 Å². The fourth-order valence-corrected chi connectivity index (χ4v) is 3.34. The van der Waals surface area contributed by atoms with Crippen molar-refractivity contribution >= 4 is 40.9 Å². The molecule has 1 aromatic rings. The Morgan fingerprint density at radius 1 is 1.07 bits per heavy atom. The van der Waals surface area contributed by atoms with Crippen LogP contribution in [-0.2, 0) is 23.9 Å². The molecule has 0 saturated carbocycles. The molecule has 160 valence electrons. The molecule has 0 spiro atoms. The first kappa shape index (κ1) is 23.2. The number of rotatable bonds is 9. The highest BCUT2D eigenvalue weighted by atomic mass is 32.2. The summed E-state index contributed by atoms with van der Waals surface area (Å²) in [6.45, 7) is 5.66. The van der Waals surface area contributed by atoms with Crippen LogP contribution in [0.2, 0.25) is 0 Å². The molecule has 9 heteroatoms. The maximum absolute atomic E-state index is 12.5. The summed E-state index contributed by atoms with van der Waals surface area (Å²) < 4.78 is 9.67. The normalized spacial score (nSPS) is 14.6. The predicted octanol–water partition coefficient (Wildman–Crippen LogP) is 2.63. The molecular formula is C21H24N2O6S. The number of ether oxygens (including phenoxy) is 2. The smallest absolute Gasteiger partial charge is 0.347 e. The zero-order valence-corrected chi connectivity index (χ0v) is 17.9. The maximum Gasteiger partial charge on any atom is 0.347 e. The molecule has 2 amide bonds. The van der Waals surface area contributed by atoms with E-state index in [0.29, 0.717) is 4.91 Å². The van der Waals surface area contributed by atoms with E-state index >= 15 is 0 Å². The second-order valence-corrected chi connectivity index (χ2v) is 7.19. The Morgan fingerprint density at radius 3 is 2.23 bits per heavy atom. The quantitative estimate of drug-likeness (QED) is 0.209. The SMILES string of the molecule is CCOC(=O)C(=CNCCN1C(=O)S/C(=C\c2ccc(C)cc2)C1=O)C(=O)OCC. The highest BCUT2D eigenvalue weighted by Gasteiger charge is 2.34. The summed E-state index contributed by atoms with van der Waals surface area (Å²) in [6.07, 6.45) is 2.86. The molecule has 0 unspecified atom stereocenters. The van der Waals surface area contributed by atoms with Crippen LogP contribution in [0.1, 0.15) is 25.0 Å². The summed E-state index contributed by atoms with van der Waals surface area (Å²) in [5, 5.41) is 2.39. The predicted molar refractivity (Wildman–Crippen MR) is 113 cm³/mol. The van der Waals surface area contributed by atoms with Crippen molar-refractivity contribution in [1.29, 1.82) is 0 Å². The van der Waals surface area contributed by atoms with Gasteiger partial charge in [-0.05, 0) is 44.2 Å². The van der Waals surface area contributed by atoms with Gasteiger partial charge in [0, 0.05) is 19.3 Å². The topological polar surface area (TPSA) is 102 Å². The van der Waals surface area contributed by atoms with E-state index in [4.69, 9.17) is 9.47 Å². The van der Waals surface area contributed by atoms with Crippen molar-refractivity contribution in [2.75, 3.05) is 26.3 Å². The van der Waals surface area contributed by atoms with Crippen LogP contribution in [0.5, 0.6) is 0 Å². The van der Waals surface area contributed by atoms with E-state index in [1.165, 1.54) is 6.20 Å². The molecule has 0 atom stereocenters. The number of nitrogens with one attached hydrogen (secondary N) is 1. The van der Waals surface area contributed by atoms with Crippen LogP contribution >= 0.6 is 11.8 Å². The Morgan fingerprint density at radius 2 is 1.67 bits per heavy atom. The number of aryl methyl sites for hydroxylation is 1. The van der Waals surface area contributed by atoms with Gasteiger partial charge in [-0.1, -0.05) is 29.8 Å². The number of esters is 2. The van der Waals surface area contributed by atoms with E-state index in [0.717, 1.165) is 27.8 Å². The van der Waals surface area contributed by atoms with Crippen molar-refractivity contribution < 1.29 is 28.7 Å². The standard InChI is InChI=1S/C21H24N2O6S/c1-4-28-19(25)16(20(26)29-5-2)13-22-10-11-23-18(24)17(30-21(23)27)12-15-8-6-14(3)7-9-15/h6-9,12-13,22H,4-5,10-11H2,1-3H3/b17-12-. The Kier molecular flexibility index (Phi) is 8.67. The van der Waals surface area contributed by atoms with Crippen molar-refractivity contribution in [1.82, 2.24) is 10.2 Å². The van der Waals surface area contributed by atoms with Gasteiger partial charge in [-0.15, -0.1) is 0 Å². The molecule has 1 aromatic carbocycles. The first-order valence-corrected chi connectivity index (χ1v) is 10.3. The van der Waals surface area contributed by atoms with Crippen LogP contribution < -0.4 is 5.32 Å². The number of carbonyl (C=O) groups excluding carboxylic acids is 4. The number of amides is 2. The lowest BCUT2D eigenvalue weighted by Gasteiger charge is -2.12. The first-order chi connectivity index (χ1) is 14.4. The summed E-state index contributed by atoms with van der Waals surface area (Å²) in [5.41, 5.74) is 1.65. The summed E-state index contributed by atoms with van der Waals surface area (Å²) in [5.74, 6) is -2.00. The molecule has 1 aliphatic heterocycles. The molecule has 0 bridgehead atoms. The van der Waals surface area contributed by atoms with Gasteiger partial charge in [0.15, 0.2) is 5.57 Å². The average molecular weight is 432 g/mol. The van der Waals surface area contributed by atoms with Gasteiger partial charge in [-0.25, -0.2) is 9.59 Å². The highest BCUT2D eigenvalue weighted by molar-refractivity contribution is 8.18. The molecule has 1 saturated heterocycles. The Balaban J connectivity index is 1.99. The number of benzene rings is 1. The largest absolute Gasteiger partial charge is 0.462 e. The average Bonchev–Trinajstić information content (AvgIpc) is 2.97. The summed E-state index contributed by atoms with van der Waals surface area (Å²) in [7, 11) is 0. The number of imide groups is 1. The third-order valence-corrected chi connectivity index (χ3v) is 4.87. The van der Waals surface area contributed by atoms with Crippen LogP contribution in [0.3, 0.4) is 0 Å². The molecule has 8 nitrogen and oxygen atoms in total. The minimum atomic E-state index is -0.810. The van der Waals surface area contributed by atoms with Gasteiger partial charge in [-0.2, -0.15) is 0 Å². The Labute approximate surface area is 179 Å². The number of hydrogen-bond acceptors (Lipinski definition) is 8. The van der Waals surface area contributed by atoms with Crippen LogP contribution in [-0.4, -0.2) is 54.3 Å². The van der Waals surface area contributed by atoms with E-state index in [-0.39, 0.29) is 43.0 Å². The third-order valence-electron chi connectivity index (χ3n) is 3.97. The molecule has 0 radical (unpaired) electrons. The van der Waals surface area contributed by atoms with Gasteiger partial charge in [0.05, 0.1) is 18.1 Å². The number of carbonyl (C=O) groups is 4. The van der Waals surface area contributed by atoms with E-state index in [2.05, 4.69) is 5.32 Å².